The first kappa shape index (κ1) is 10.4. The molecule has 4 nitrogen and oxygen atoms in total. The molecule has 0 fully saturated rings. The number of carbonyl (C=O) groups is 1. The highest BCUT2D eigenvalue weighted by Gasteiger charge is 2.15. The van der Waals surface area contributed by atoms with Crippen LogP contribution in [0.15, 0.2) is 12.2 Å². The maximum Gasteiger partial charge on any atom is 0.327 e. The molecule has 0 saturated carbocycles. The molecule has 0 rings (SSSR count). The van der Waals surface area contributed by atoms with Crippen LogP contribution in [0, 0.1) is 0 Å². The lowest BCUT2D eigenvalue weighted by Gasteiger charge is -2.05. The summed E-state index contributed by atoms with van der Waals surface area (Å²) in [5.74, 6) is -0.492. The van der Waals surface area contributed by atoms with Gasteiger partial charge >= 0.3 is 8.69 Å². The number of Topliss-reactive ketones (excluding diaryl/α,β-unsaturated/α-hetero) is 1. The highest BCUT2D eigenvalue weighted by Crippen LogP contribution is 2.01. The van der Waals surface area contributed by atoms with Crippen LogP contribution in [-0.2, 0) is 13.9 Å². The van der Waals surface area contributed by atoms with E-state index in [1.807, 2.05) is 0 Å². The molecule has 0 spiro atoms. The number of ketones is 1. The van der Waals surface area contributed by atoms with Gasteiger partial charge in [0.05, 0.1) is 6.61 Å². The van der Waals surface area contributed by atoms with Crippen molar-refractivity contribution in [2.24, 2.45) is 0 Å². The summed E-state index contributed by atoms with van der Waals surface area (Å²) < 4.78 is 14.0. The van der Waals surface area contributed by atoms with Crippen molar-refractivity contribution in [1.82, 2.24) is 0 Å². The Morgan fingerprint density at radius 2 is 2.36 bits per heavy atom. The van der Waals surface area contributed by atoms with E-state index in [0.717, 1.165) is 0 Å². The maximum atomic E-state index is 10.8. The molecule has 1 unspecified atom stereocenters. The second kappa shape index (κ2) is 5.13. The monoisotopic (exact) mass is 176 g/mol. The molecule has 0 aromatic rings. The molecule has 0 aliphatic heterocycles. The molecule has 0 aliphatic carbocycles. The Morgan fingerprint density at radius 3 is 2.73 bits per heavy atom. The topological polar surface area (TPSA) is 63.6 Å². The molecule has 0 saturated heterocycles. The largest absolute Gasteiger partial charge is 0.382 e. The molecule has 0 heterocycles. The van der Waals surface area contributed by atoms with Crippen molar-refractivity contribution >= 4 is 14.5 Å². The third-order valence-electron chi connectivity index (χ3n) is 1.01. The molecule has 11 heavy (non-hydrogen) atoms. The third-order valence-corrected chi connectivity index (χ3v) is 1.26. The molecular formula is C6H9O4P. The van der Waals surface area contributed by atoms with Crippen molar-refractivity contribution in [3.05, 3.63) is 12.2 Å². The van der Waals surface area contributed by atoms with E-state index in [1.54, 1.807) is 0 Å². The van der Waals surface area contributed by atoms with Crippen LogP contribution in [0.4, 0.5) is 0 Å². The fraction of sp³-hybridized carbons (Fsp3) is 0.500. The van der Waals surface area contributed by atoms with Crippen LogP contribution < -0.4 is 0 Å². The minimum atomic E-state index is -1.26. The second-order valence-corrected chi connectivity index (χ2v) is 2.44. The molecule has 1 N–H and O–H groups in total. The van der Waals surface area contributed by atoms with Crippen molar-refractivity contribution in [3.8, 4) is 0 Å². The zero-order valence-electron chi connectivity index (χ0n) is 6.11. The average Bonchev–Trinajstić information content (AvgIpc) is 1.98. The first-order chi connectivity index (χ1) is 5.09. The van der Waals surface area contributed by atoms with Gasteiger partial charge in [-0.25, -0.2) is 4.57 Å². The average molecular weight is 176 g/mol. The molecule has 0 amide bonds. The van der Waals surface area contributed by atoms with E-state index in [-0.39, 0.29) is 12.2 Å². The molecule has 0 radical (unpaired) electrons. The molecule has 1 atom stereocenters. The van der Waals surface area contributed by atoms with Crippen molar-refractivity contribution in [2.45, 2.75) is 13.0 Å². The van der Waals surface area contributed by atoms with E-state index >= 15 is 0 Å². The normalized spacial score (nSPS) is 12.9. The fourth-order valence-corrected chi connectivity index (χ4v) is 0.663. The summed E-state index contributed by atoms with van der Waals surface area (Å²) in [5.41, 5.74) is 0.253. The minimum absolute atomic E-state index is 0.253. The zero-order valence-corrected chi connectivity index (χ0v) is 7.01. The van der Waals surface area contributed by atoms with E-state index in [1.165, 1.54) is 6.92 Å². The summed E-state index contributed by atoms with van der Waals surface area (Å²) in [4.78, 5) is 10.8. The van der Waals surface area contributed by atoms with Crippen LogP contribution in [0.5, 0.6) is 0 Å². The van der Waals surface area contributed by atoms with E-state index in [2.05, 4.69) is 11.1 Å². The fourth-order valence-electron chi connectivity index (χ4n) is 0.461. The van der Waals surface area contributed by atoms with Crippen LogP contribution in [0.25, 0.3) is 0 Å². The van der Waals surface area contributed by atoms with Gasteiger partial charge in [0.2, 0.25) is 0 Å². The summed E-state index contributed by atoms with van der Waals surface area (Å²) >= 11 is 0. The Morgan fingerprint density at radius 1 is 1.82 bits per heavy atom. The van der Waals surface area contributed by atoms with Gasteiger partial charge in [-0.1, -0.05) is 6.58 Å². The van der Waals surface area contributed by atoms with Crippen LogP contribution in [-0.4, -0.2) is 23.6 Å². The predicted octanol–water partition coefficient (Wildman–Crippen LogP) is 0.716. The number of aliphatic hydroxyl groups is 1. The minimum Gasteiger partial charge on any atom is -0.382 e. The van der Waals surface area contributed by atoms with Crippen LogP contribution in [0.3, 0.4) is 0 Å². The van der Waals surface area contributed by atoms with Gasteiger partial charge in [-0.2, -0.15) is 0 Å². The second-order valence-electron chi connectivity index (χ2n) is 2.03. The van der Waals surface area contributed by atoms with Gasteiger partial charge in [0.1, 0.15) is 6.10 Å². The number of rotatable bonds is 5. The summed E-state index contributed by atoms with van der Waals surface area (Å²) in [7, 11) is -0.544. The van der Waals surface area contributed by atoms with E-state index in [9.17, 15) is 9.36 Å². The predicted molar refractivity (Wildman–Crippen MR) is 39.4 cm³/mol. The lowest BCUT2D eigenvalue weighted by Crippen LogP contribution is -2.24. The molecular weight excluding hydrogens is 167 g/mol. The molecule has 5 heteroatoms. The smallest absolute Gasteiger partial charge is 0.327 e. The van der Waals surface area contributed by atoms with Crippen molar-refractivity contribution < 1.29 is 19.0 Å². The maximum absolute atomic E-state index is 10.8. The summed E-state index contributed by atoms with van der Waals surface area (Å²) in [6.07, 6.45) is -1.26. The Kier molecular flexibility index (Phi) is 4.86. The van der Waals surface area contributed by atoms with Crippen LogP contribution in [0.1, 0.15) is 6.92 Å². The highest BCUT2D eigenvalue weighted by atomic mass is 31.1. The van der Waals surface area contributed by atoms with Gasteiger partial charge in [0.25, 0.3) is 0 Å². The first-order valence-corrected chi connectivity index (χ1v) is 3.65. The molecule has 0 aromatic heterocycles. The lowest BCUT2D eigenvalue weighted by molar-refractivity contribution is -0.124. The Hall–Kier alpha value is -0.570. The first-order valence-electron chi connectivity index (χ1n) is 2.92. The van der Waals surface area contributed by atoms with Gasteiger partial charge in [-0.3, -0.25) is 9.32 Å². The number of carbonyl (C=O) groups excluding carboxylic acids is 1. The molecule has 62 valence electrons. The van der Waals surface area contributed by atoms with E-state index in [0.29, 0.717) is 0 Å². The summed E-state index contributed by atoms with van der Waals surface area (Å²) in [5, 5.41) is 8.94. The van der Waals surface area contributed by atoms with Crippen molar-refractivity contribution in [2.75, 3.05) is 6.61 Å². The van der Waals surface area contributed by atoms with Gasteiger partial charge in [-0.05, 0) is 12.5 Å². The molecule has 0 bridgehead atoms. The van der Waals surface area contributed by atoms with E-state index in [4.69, 9.17) is 5.11 Å². The Balaban J connectivity index is 3.82. The van der Waals surface area contributed by atoms with Crippen molar-refractivity contribution in [1.29, 1.82) is 0 Å². The van der Waals surface area contributed by atoms with Crippen LogP contribution >= 0.6 is 8.69 Å². The van der Waals surface area contributed by atoms with Gasteiger partial charge in [0, 0.05) is 0 Å². The standard InChI is InChI=1S/C6H9O4P/c1-4(2)6(8)5(7)3-10-11-9/h5,7H,1,3H2,2H3. The van der Waals surface area contributed by atoms with Gasteiger partial charge in [-0.15, -0.1) is 0 Å². The lowest BCUT2D eigenvalue weighted by atomic mass is 10.1. The van der Waals surface area contributed by atoms with Crippen molar-refractivity contribution in [3.63, 3.8) is 0 Å². The molecule has 0 aliphatic rings. The Bertz CT molecular complexity index is 177. The highest BCUT2D eigenvalue weighted by molar-refractivity contribution is 7.17. The Labute approximate surface area is 66.2 Å². The summed E-state index contributed by atoms with van der Waals surface area (Å²) in [6.45, 7) is 4.56. The SMILES string of the molecule is C=C(C)C(=O)C(O)COP=O. The zero-order chi connectivity index (χ0) is 8.85. The molecule has 0 aromatic carbocycles. The third kappa shape index (κ3) is 3.98. The van der Waals surface area contributed by atoms with E-state index < -0.39 is 20.6 Å². The summed E-state index contributed by atoms with van der Waals surface area (Å²) in [6, 6.07) is 0. The number of hydrogen-bond acceptors (Lipinski definition) is 4. The number of aliphatic hydroxyl groups excluding tert-OH is 1. The number of hydrogen-bond donors (Lipinski definition) is 1. The van der Waals surface area contributed by atoms with Crippen LogP contribution in [0.2, 0.25) is 0 Å². The van der Waals surface area contributed by atoms with Gasteiger partial charge < -0.3 is 5.11 Å². The van der Waals surface area contributed by atoms with Gasteiger partial charge in [0.15, 0.2) is 5.78 Å². The quantitative estimate of drug-likeness (QED) is 0.495.